The Morgan fingerprint density at radius 3 is 2.40 bits per heavy atom. The van der Waals surface area contributed by atoms with Gasteiger partial charge in [0.05, 0.1) is 11.6 Å². The molecule has 4 nitrogen and oxygen atoms in total. The van der Waals surface area contributed by atoms with Gasteiger partial charge >= 0.3 is 0 Å². The van der Waals surface area contributed by atoms with Crippen LogP contribution < -0.4 is 0 Å². The lowest BCUT2D eigenvalue weighted by atomic mass is 9.90. The molecular formula is C30H24FNO3. The van der Waals surface area contributed by atoms with Crippen LogP contribution in [0.15, 0.2) is 90.5 Å². The molecule has 0 spiro atoms. The van der Waals surface area contributed by atoms with Gasteiger partial charge in [0.1, 0.15) is 11.6 Å². The highest BCUT2D eigenvalue weighted by atomic mass is 19.1. The van der Waals surface area contributed by atoms with Crippen LogP contribution in [0.2, 0.25) is 0 Å². The maximum absolute atomic E-state index is 13.5. The third-order valence-electron chi connectivity index (χ3n) is 6.57. The van der Waals surface area contributed by atoms with Crippen LogP contribution in [0.4, 0.5) is 4.39 Å². The van der Waals surface area contributed by atoms with Crippen molar-refractivity contribution >= 4 is 28.2 Å². The summed E-state index contributed by atoms with van der Waals surface area (Å²) >= 11 is 0. The summed E-state index contributed by atoms with van der Waals surface area (Å²) in [6, 6.07) is 24.2. The van der Waals surface area contributed by atoms with Crippen molar-refractivity contribution in [2.24, 2.45) is 0 Å². The van der Waals surface area contributed by atoms with Gasteiger partial charge in [0.25, 0.3) is 11.7 Å². The van der Waals surface area contributed by atoms with E-state index in [4.69, 9.17) is 0 Å². The molecule has 1 N–H and O–H groups in total. The van der Waals surface area contributed by atoms with Gasteiger partial charge in [-0.15, -0.1) is 0 Å². The van der Waals surface area contributed by atoms with Gasteiger partial charge < -0.3 is 10.0 Å². The monoisotopic (exact) mass is 465 g/mol. The first-order valence-corrected chi connectivity index (χ1v) is 11.4. The summed E-state index contributed by atoms with van der Waals surface area (Å²) < 4.78 is 13.5. The molecule has 5 heteroatoms. The second-order valence-electron chi connectivity index (χ2n) is 8.94. The van der Waals surface area contributed by atoms with Crippen molar-refractivity contribution in [3.8, 4) is 0 Å². The molecule has 1 fully saturated rings. The molecule has 0 bridgehead atoms. The molecule has 4 aromatic rings. The number of carbonyl (C=O) groups excluding carboxylic acids is 2. The van der Waals surface area contributed by atoms with E-state index in [2.05, 4.69) is 0 Å². The average Bonchev–Trinajstić information content (AvgIpc) is 3.11. The number of hydrogen-bond acceptors (Lipinski definition) is 3. The number of aliphatic hydroxyl groups is 1. The minimum Gasteiger partial charge on any atom is -0.507 e. The second kappa shape index (κ2) is 8.84. The van der Waals surface area contributed by atoms with E-state index in [0.29, 0.717) is 11.1 Å². The van der Waals surface area contributed by atoms with Gasteiger partial charge in [0.2, 0.25) is 0 Å². The Kier molecular flexibility index (Phi) is 5.69. The zero-order chi connectivity index (χ0) is 24.7. The van der Waals surface area contributed by atoms with Crippen LogP contribution in [0.25, 0.3) is 16.5 Å². The molecule has 0 aliphatic carbocycles. The number of amides is 1. The number of halogens is 1. The smallest absolute Gasteiger partial charge is 0.295 e. The summed E-state index contributed by atoms with van der Waals surface area (Å²) in [5.74, 6) is -2.00. The number of ketones is 1. The van der Waals surface area contributed by atoms with E-state index in [1.807, 2.05) is 74.5 Å². The summed E-state index contributed by atoms with van der Waals surface area (Å²) in [5, 5.41) is 13.3. The van der Waals surface area contributed by atoms with Crippen molar-refractivity contribution in [1.82, 2.24) is 4.90 Å². The van der Waals surface area contributed by atoms with E-state index in [9.17, 15) is 19.1 Å². The van der Waals surface area contributed by atoms with Crippen LogP contribution >= 0.6 is 0 Å². The van der Waals surface area contributed by atoms with E-state index in [0.717, 1.165) is 27.5 Å². The van der Waals surface area contributed by atoms with Crippen molar-refractivity contribution < 1.29 is 19.1 Å². The number of carbonyl (C=O) groups is 2. The lowest BCUT2D eigenvalue weighted by molar-refractivity contribution is -0.140. The fourth-order valence-electron chi connectivity index (χ4n) is 4.78. The Morgan fingerprint density at radius 1 is 0.914 bits per heavy atom. The number of hydrogen-bond donors (Lipinski definition) is 1. The van der Waals surface area contributed by atoms with Gasteiger partial charge in [-0.05, 0) is 59.5 Å². The number of aliphatic hydroxyl groups excluding tert-OH is 1. The molecule has 1 unspecified atom stereocenters. The summed E-state index contributed by atoms with van der Waals surface area (Å²) in [6.45, 7) is 3.86. The second-order valence-corrected chi connectivity index (χ2v) is 8.94. The Morgan fingerprint density at radius 2 is 1.63 bits per heavy atom. The number of aryl methyl sites for hydroxylation is 2. The minimum absolute atomic E-state index is 0.0576. The SMILES string of the molecule is Cc1ccc(C)c(/C(O)=C2\C(=O)C(=O)N(Cc3ccc(F)cc3)C2c2cccc3ccccc23)c1. The van der Waals surface area contributed by atoms with Crippen molar-refractivity contribution in [2.45, 2.75) is 26.4 Å². The van der Waals surface area contributed by atoms with Crippen molar-refractivity contribution in [2.75, 3.05) is 0 Å². The largest absolute Gasteiger partial charge is 0.507 e. The van der Waals surface area contributed by atoms with Crippen LogP contribution in [0.3, 0.4) is 0 Å². The molecule has 0 saturated carbocycles. The normalized spacial score (nSPS) is 17.3. The maximum atomic E-state index is 13.5. The van der Waals surface area contributed by atoms with E-state index < -0.39 is 17.7 Å². The van der Waals surface area contributed by atoms with Crippen molar-refractivity contribution in [3.05, 3.63) is 124 Å². The topological polar surface area (TPSA) is 57.6 Å². The molecule has 35 heavy (non-hydrogen) atoms. The van der Waals surface area contributed by atoms with E-state index in [1.165, 1.54) is 17.0 Å². The molecule has 1 aliphatic rings. The summed E-state index contributed by atoms with van der Waals surface area (Å²) in [6.07, 6.45) is 0. The molecule has 5 rings (SSSR count). The zero-order valence-corrected chi connectivity index (χ0v) is 19.5. The molecule has 0 radical (unpaired) electrons. The van der Waals surface area contributed by atoms with Crippen LogP contribution in [0, 0.1) is 19.7 Å². The number of Topliss-reactive ketones (excluding diaryl/α,β-unsaturated/α-hetero) is 1. The van der Waals surface area contributed by atoms with Gasteiger partial charge in [0, 0.05) is 12.1 Å². The van der Waals surface area contributed by atoms with Gasteiger partial charge in [-0.3, -0.25) is 9.59 Å². The average molecular weight is 466 g/mol. The number of fused-ring (bicyclic) bond motifs is 1. The molecule has 0 aromatic heterocycles. The minimum atomic E-state index is -0.800. The number of likely N-dealkylation sites (tertiary alicyclic amines) is 1. The van der Waals surface area contributed by atoms with Crippen LogP contribution in [-0.2, 0) is 16.1 Å². The third-order valence-corrected chi connectivity index (χ3v) is 6.57. The first kappa shape index (κ1) is 22.5. The number of rotatable bonds is 4. The maximum Gasteiger partial charge on any atom is 0.295 e. The van der Waals surface area contributed by atoms with Crippen LogP contribution in [0.5, 0.6) is 0 Å². The highest BCUT2D eigenvalue weighted by molar-refractivity contribution is 6.46. The van der Waals surface area contributed by atoms with Crippen molar-refractivity contribution in [1.29, 1.82) is 0 Å². The summed E-state index contributed by atoms with van der Waals surface area (Å²) in [7, 11) is 0. The Balaban J connectivity index is 1.75. The molecule has 1 saturated heterocycles. The van der Waals surface area contributed by atoms with E-state index in [-0.39, 0.29) is 23.7 Å². The molecule has 174 valence electrons. The number of benzene rings is 4. The first-order chi connectivity index (χ1) is 16.8. The standard InChI is InChI=1S/C30H24FNO3/c1-18-10-11-19(2)25(16-18)28(33)26-27(24-9-5-7-21-6-3-4-8-23(21)24)32(30(35)29(26)34)17-20-12-14-22(31)15-13-20/h3-16,27,33H,17H2,1-2H3/b28-26+. The quantitative estimate of drug-likeness (QED) is 0.221. The molecule has 1 heterocycles. The molecular weight excluding hydrogens is 441 g/mol. The highest BCUT2D eigenvalue weighted by Crippen LogP contribution is 2.43. The lowest BCUT2D eigenvalue weighted by Crippen LogP contribution is -2.29. The van der Waals surface area contributed by atoms with Crippen LogP contribution in [-0.4, -0.2) is 21.7 Å². The molecule has 1 amide bonds. The van der Waals surface area contributed by atoms with Gasteiger partial charge in [-0.25, -0.2) is 4.39 Å². The molecule has 1 atom stereocenters. The van der Waals surface area contributed by atoms with E-state index >= 15 is 0 Å². The summed E-state index contributed by atoms with van der Waals surface area (Å²) in [4.78, 5) is 28.2. The fraction of sp³-hybridized carbons (Fsp3) is 0.133. The number of nitrogens with zero attached hydrogens (tertiary/aromatic N) is 1. The third kappa shape index (κ3) is 3.99. The highest BCUT2D eigenvalue weighted by Gasteiger charge is 2.46. The van der Waals surface area contributed by atoms with Gasteiger partial charge in [-0.2, -0.15) is 0 Å². The van der Waals surface area contributed by atoms with E-state index in [1.54, 1.807) is 12.1 Å². The van der Waals surface area contributed by atoms with Gasteiger partial charge in [0.15, 0.2) is 0 Å². The van der Waals surface area contributed by atoms with Crippen LogP contribution in [0.1, 0.15) is 33.9 Å². The molecule has 1 aliphatic heterocycles. The van der Waals surface area contributed by atoms with Crippen molar-refractivity contribution in [3.63, 3.8) is 0 Å². The zero-order valence-electron chi connectivity index (χ0n) is 19.5. The molecule has 4 aromatic carbocycles. The Hall–Kier alpha value is -4.25. The predicted octanol–water partition coefficient (Wildman–Crippen LogP) is 6.22. The Labute approximate surface area is 202 Å². The Bertz CT molecular complexity index is 1500. The fourth-order valence-corrected chi connectivity index (χ4v) is 4.78. The summed E-state index contributed by atoms with van der Waals surface area (Å²) in [5.41, 5.74) is 3.74. The lowest BCUT2D eigenvalue weighted by Gasteiger charge is -2.26. The van der Waals surface area contributed by atoms with Gasteiger partial charge in [-0.1, -0.05) is 72.3 Å². The predicted molar refractivity (Wildman–Crippen MR) is 134 cm³/mol. The first-order valence-electron chi connectivity index (χ1n) is 11.4.